The van der Waals surface area contributed by atoms with Crippen molar-refractivity contribution in [1.29, 1.82) is 0 Å². The van der Waals surface area contributed by atoms with E-state index in [0.717, 1.165) is 25.9 Å². The largest absolute Gasteiger partial charge is 0.393 e. The maximum absolute atomic E-state index is 9.11. The number of nitrogens with one attached hydrogen (secondary N) is 1. The third-order valence-corrected chi connectivity index (χ3v) is 2.82. The van der Waals surface area contributed by atoms with Crippen molar-refractivity contribution >= 4 is 0 Å². The van der Waals surface area contributed by atoms with E-state index in [-0.39, 0.29) is 6.10 Å². The van der Waals surface area contributed by atoms with Crippen LogP contribution in [0.25, 0.3) is 0 Å². The number of aliphatic hydroxyl groups excluding tert-OH is 1. The Morgan fingerprint density at radius 3 is 2.57 bits per heavy atom. The Kier molecular flexibility index (Phi) is 3.17. The summed E-state index contributed by atoms with van der Waals surface area (Å²) in [7, 11) is 0. The van der Waals surface area contributed by atoms with Crippen molar-refractivity contribution in [2.45, 2.75) is 25.5 Å². The summed E-state index contributed by atoms with van der Waals surface area (Å²) in [6.45, 7) is 1.97. The van der Waals surface area contributed by atoms with E-state index < -0.39 is 0 Å². The molecule has 0 bridgehead atoms. The molecule has 2 heteroatoms. The molecule has 0 radical (unpaired) electrons. The zero-order valence-electron chi connectivity index (χ0n) is 8.32. The van der Waals surface area contributed by atoms with Gasteiger partial charge in [-0.25, -0.2) is 0 Å². The van der Waals surface area contributed by atoms with Crippen LogP contribution in [0.1, 0.15) is 18.4 Å². The zero-order valence-corrected chi connectivity index (χ0v) is 8.32. The topological polar surface area (TPSA) is 32.3 Å². The first kappa shape index (κ1) is 9.69. The van der Waals surface area contributed by atoms with Crippen molar-refractivity contribution < 1.29 is 5.11 Å². The molecule has 76 valence electrons. The lowest BCUT2D eigenvalue weighted by molar-refractivity contribution is 0.0430. The van der Waals surface area contributed by atoms with Gasteiger partial charge < -0.3 is 10.4 Å². The van der Waals surface area contributed by atoms with Crippen LogP contribution in [0.4, 0.5) is 0 Å². The second-order valence-electron chi connectivity index (χ2n) is 4.11. The van der Waals surface area contributed by atoms with Gasteiger partial charge in [0.05, 0.1) is 6.10 Å². The molecule has 0 amide bonds. The summed E-state index contributed by atoms with van der Waals surface area (Å²) in [5.41, 5.74) is 1.33. The number of aliphatic hydroxyl groups is 1. The van der Waals surface area contributed by atoms with Crippen LogP contribution in [0.2, 0.25) is 0 Å². The molecule has 0 heterocycles. The molecule has 0 unspecified atom stereocenters. The SMILES string of the molecule is OC1CC(CNCc2ccccc2)C1. The molecule has 0 atom stereocenters. The highest BCUT2D eigenvalue weighted by atomic mass is 16.3. The molecule has 0 saturated heterocycles. The van der Waals surface area contributed by atoms with Crippen LogP contribution < -0.4 is 5.32 Å². The number of hydrogen-bond donors (Lipinski definition) is 2. The molecule has 1 aliphatic rings. The van der Waals surface area contributed by atoms with Crippen LogP contribution in [0.3, 0.4) is 0 Å². The lowest BCUT2D eigenvalue weighted by atomic mass is 9.82. The maximum atomic E-state index is 9.11. The lowest BCUT2D eigenvalue weighted by Crippen LogP contribution is -2.35. The molecule has 1 saturated carbocycles. The van der Waals surface area contributed by atoms with E-state index in [2.05, 4.69) is 29.6 Å². The molecular weight excluding hydrogens is 174 g/mol. The minimum Gasteiger partial charge on any atom is -0.393 e. The third kappa shape index (κ3) is 2.56. The lowest BCUT2D eigenvalue weighted by Gasteiger charge is -2.31. The molecule has 1 aliphatic carbocycles. The third-order valence-electron chi connectivity index (χ3n) is 2.82. The van der Waals surface area contributed by atoms with E-state index in [9.17, 15) is 0 Å². The smallest absolute Gasteiger partial charge is 0.0546 e. The first-order valence-corrected chi connectivity index (χ1v) is 5.27. The van der Waals surface area contributed by atoms with Crippen molar-refractivity contribution in [3.8, 4) is 0 Å². The molecule has 14 heavy (non-hydrogen) atoms. The van der Waals surface area contributed by atoms with Gasteiger partial charge in [-0.15, -0.1) is 0 Å². The summed E-state index contributed by atoms with van der Waals surface area (Å²) in [5, 5.41) is 12.5. The van der Waals surface area contributed by atoms with Gasteiger partial charge in [-0.2, -0.15) is 0 Å². The van der Waals surface area contributed by atoms with E-state index in [4.69, 9.17) is 5.11 Å². The Balaban J connectivity index is 1.64. The molecule has 2 N–H and O–H groups in total. The van der Waals surface area contributed by atoms with E-state index in [1.54, 1.807) is 0 Å². The van der Waals surface area contributed by atoms with Crippen LogP contribution in [-0.2, 0) is 6.54 Å². The van der Waals surface area contributed by atoms with Gasteiger partial charge in [-0.1, -0.05) is 30.3 Å². The predicted octanol–water partition coefficient (Wildman–Crippen LogP) is 1.55. The first-order valence-electron chi connectivity index (χ1n) is 5.27. The molecule has 0 aliphatic heterocycles. The quantitative estimate of drug-likeness (QED) is 0.756. The Morgan fingerprint density at radius 2 is 1.93 bits per heavy atom. The number of benzene rings is 1. The summed E-state index contributed by atoms with van der Waals surface area (Å²) < 4.78 is 0. The highest BCUT2D eigenvalue weighted by Crippen LogP contribution is 2.26. The van der Waals surface area contributed by atoms with Crippen molar-refractivity contribution in [3.63, 3.8) is 0 Å². The van der Waals surface area contributed by atoms with Crippen LogP contribution in [-0.4, -0.2) is 17.8 Å². The minimum atomic E-state index is -0.0291. The van der Waals surface area contributed by atoms with Crippen molar-refractivity contribution in [3.05, 3.63) is 35.9 Å². The summed E-state index contributed by atoms with van der Waals surface area (Å²) in [6, 6.07) is 10.4. The molecular formula is C12H17NO. The average Bonchev–Trinajstić information content (AvgIpc) is 2.17. The van der Waals surface area contributed by atoms with E-state index in [1.165, 1.54) is 5.56 Å². The van der Waals surface area contributed by atoms with Crippen LogP contribution >= 0.6 is 0 Å². The standard InChI is InChI=1S/C12H17NO/c14-12-6-11(7-12)9-13-8-10-4-2-1-3-5-10/h1-5,11-14H,6-9H2. The van der Waals surface area contributed by atoms with Gasteiger partial charge in [0.25, 0.3) is 0 Å². The van der Waals surface area contributed by atoms with E-state index in [1.807, 2.05) is 6.07 Å². The van der Waals surface area contributed by atoms with Crippen LogP contribution in [0.15, 0.2) is 30.3 Å². The molecule has 1 fully saturated rings. The number of rotatable bonds is 4. The summed E-state index contributed by atoms with van der Waals surface area (Å²) in [4.78, 5) is 0. The molecule has 0 spiro atoms. The Bertz CT molecular complexity index is 267. The van der Waals surface area contributed by atoms with Crippen LogP contribution in [0, 0.1) is 5.92 Å². The normalized spacial score (nSPS) is 25.8. The van der Waals surface area contributed by atoms with Crippen LogP contribution in [0.5, 0.6) is 0 Å². The fourth-order valence-electron chi connectivity index (χ4n) is 1.88. The first-order chi connectivity index (χ1) is 6.84. The molecule has 2 rings (SSSR count). The van der Waals surface area contributed by atoms with E-state index >= 15 is 0 Å². The fraction of sp³-hybridized carbons (Fsp3) is 0.500. The summed E-state index contributed by atoms with van der Waals surface area (Å²) in [6.07, 6.45) is 1.92. The van der Waals surface area contributed by atoms with Gasteiger partial charge in [0.15, 0.2) is 0 Å². The Labute approximate surface area is 85.0 Å². The highest BCUT2D eigenvalue weighted by molar-refractivity contribution is 5.14. The molecule has 0 aromatic heterocycles. The average molecular weight is 191 g/mol. The predicted molar refractivity (Wildman–Crippen MR) is 56.9 cm³/mol. The number of hydrogen-bond acceptors (Lipinski definition) is 2. The summed E-state index contributed by atoms with van der Waals surface area (Å²) in [5.74, 6) is 0.689. The summed E-state index contributed by atoms with van der Waals surface area (Å²) >= 11 is 0. The van der Waals surface area contributed by atoms with Crippen molar-refractivity contribution in [2.75, 3.05) is 6.54 Å². The van der Waals surface area contributed by atoms with Gasteiger partial charge in [0.2, 0.25) is 0 Å². The van der Waals surface area contributed by atoms with Crippen molar-refractivity contribution in [1.82, 2.24) is 5.32 Å². The Morgan fingerprint density at radius 1 is 1.21 bits per heavy atom. The second kappa shape index (κ2) is 4.58. The Hall–Kier alpha value is -0.860. The fourth-order valence-corrected chi connectivity index (χ4v) is 1.88. The van der Waals surface area contributed by atoms with Gasteiger partial charge in [-0.05, 0) is 30.9 Å². The van der Waals surface area contributed by atoms with Gasteiger partial charge >= 0.3 is 0 Å². The monoisotopic (exact) mass is 191 g/mol. The van der Waals surface area contributed by atoms with E-state index in [0.29, 0.717) is 5.92 Å². The maximum Gasteiger partial charge on any atom is 0.0546 e. The highest BCUT2D eigenvalue weighted by Gasteiger charge is 2.26. The van der Waals surface area contributed by atoms with Gasteiger partial charge in [0.1, 0.15) is 0 Å². The minimum absolute atomic E-state index is 0.0291. The molecule has 2 nitrogen and oxygen atoms in total. The van der Waals surface area contributed by atoms with Gasteiger partial charge in [-0.3, -0.25) is 0 Å². The molecule has 1 aromatic carbocycles. The zero-order chi connectivity index (χ0) is 9.80. The van der Waals surface area contributed by atoms with Crippen molar-refractivity contribution in [2.24, 2.45) is 5.92 Å². The second-order valence-corrected chi connectivity index (χ2v) is 4.11. The molecule has 1 aromatic rings. The van der Waals surface area contributed by atoms with Gasteiger partial charge in [0, 0.05) is 6.54 Å².